The third-order valence-corrected chi connectivity index (χ3v) is 5.23. The van der Waals surface area contributed by atoms with E-state index in [1.54, 1.807) is 12.0 Å². The van der Waals surface area contributed by atoms with Crippen LogP contribution in [0.4, 0.5) is 5.69 Å². The minimum absolute atomic E-state index is 0.0699. The van der Waals surface area contributed by atoms with Crippen LogP contribution in [0.1, 0.15) is 30.9 Å². The van der Waals surface area contributed by atoms with Gasteiger partial charge in [-0.05, 0) is 25.0 Å². The summed E-state index contributed by atoms with van der Waals surface area (Å²) < 4.78 is 7.43. The molecular weight excluding hydrogens is 346 g/mol. The molecule has 8 heteroatoms. The molecule has 0 aliphatic carbocycles. The lowest BCUT2D eigenvalue weighted by Crippen LogP contribution is -2.33. The van der Waals surface area contributed by atoms with E-state index in [0.29, 0.717) is 24.5 Å². The molecule has 1 aromatic heterocycles. The number of ether oxygens (including phenoxy) is 1. The van der Waals surface area contributed by atoms with Gasteiger partial charge in [-0.25, -0.2) is 0 Å². The number of hydrogen-bond donors (Lipinski definition) is 1. The fourth-order valence-electron chi connectivity index (χ4n) is 3.78. The van der Waals surface area contributed by atoms with E-state index in [4.69, 9.17) is 4.74 Å². The molecule has 1 saturated heterocycles. The number of aromatic nitrogens is 3. The van der Waals surface area contributed by atoms with E-state index in [1.165, 1.54) is 0 Å². The first-order chi connectivity index (χ1) is 13.2. The van der Waals surface area contributed by atoms with Gasteiger partial charge in [-0.15, -0.1) is 10.2 Å². The van der Waals surface area contributed by atoms with Crippen molar-refractivity contribution in [3.8, 4) is 5.75 Å². The maximum Gasteiger partial charge on any atom is 0.227 e. The van der Waals surface area contributed by atoms with Gasteiger partial charge >= 0.3 is 0 Å². The number of benzene rings is 1. The minimum atomic E-state index is -0.383. The number of fused-ring (bicyclic) bond motifs is 1. The standard InChI is InChI=1S/C19H23N5O3/c1-27-15-7-3-2-6-14(15)24-12-13(10-18(24)25)19(26)20-11-17-22-21-16-8-4-5-9-23(16)17/h2-3,6-7,13H,4-5,8-12H2,1H3,(H,20,26). The Balaban J connectivity index is 1.40. The second-order valence-electron chi connectivity index (χ2n) is 6.94. The maximum atomic E-state index is 12.6. The van der Waals surface area contributed by atoms with Crippen LogP contribution in [0.25, 0.3) is 0 Å². The van der Waals surface area contributed by atoms with Gasteiger partial charge in [0.15, 0.2) is 5.82 Å². The number of methoxy groups -OCH3 is 1. The molecular formula is C19H23N5O3. The highest BCUT2D eigenvalue weighted by molar-refractivity contribution is 6.01. The summed E-state index contributed by atoms with van der Waals surface area (Å²) in [5.74, 6) is 1.81. The Morgan fingerprint density at radius 2 is 2.15 bits per heavy atom. The fraction of sp³-hybridized carbons (Fsp3) is 0.474. The van der Waals surface area contributed by atoms with Crippen LogP contribution in [-0.4, -0.2) is 40.2 Å². The van der Waals surface area contributed by atoms with Crippen LogP contribution in [0.3, 0.4) is 0 Å². The zero-order chi connectivity index (χ0) is 18.8. The number of nitrogens with one attached hydrogen (secondary N) is 1. The zero-order valence-electron chi connectivity index (χ0n) is 15.4. The topological polar surface area (TPSA) is 89.3 Å². The predicted molar refractivity (Wildman–Crippen MR) is 98.3 cm³/mol. The molecule has 8 nitrogen and oxygen atoms in total. The minimum Gasteiger partial charge on any atom is -0.495 e. The summed E-state index contributed by atoms with van der Waals surface area (Å²) in [5.41, 5.74) is 0.701. The number of para-hydroxylation sites is 2. The zero-order valence-corrected chi connectivity index (χ0v) is 15.4. The van der Waals surface area contributed by atoms with Crippen molar-refractivity contribution >= 4 is 17.5 Å². The number of nitrogens with zero attached hydrogens (tertiary/aromatic N) is 4. The Hall–Kier alpha value is -2.90. The number of aryl methyl sites for hydroxylation is 1. The molecule has 3 heterocycles. The van der Waals surface area contributed by atoms with E-state index >= 15 is 0 Å². The van der Waals surface area contributed by atoms with Crippen molar-refractivity contribution in [2.45, 2.75) is 38.8 Å². The lowest BCUT2D eigenvalue weighted by atomic mass is 10.1. The molecule has 27 heavy (non-hydrogen) atoms. The lowest BCUT2D eigenvalue weighted by Gasteiger charge is -2.19. The van der Waals surface area contributed by atoms with E-state index in [2.05, 4.69) is 20.1 Å². The van der Waals surface area contributed by atoms with Crippen LogP contribution in [0.15, 0.2) is 24.3 Å². The van der Waals surface area contributed by atoms with Gasteiger partial charge in [0.2, 0.25) is 11.8 Å². The van der Waals surface area contributed by atoms with Gasteiger partial charge in [0.25, 0.3) is 0 Å². The van der Waals surface area contributed by atoms with Crippen molar-refractivity contribution in [2.24, 2.45) is 5.92 Å². The van der Waals surface area contributed by atoms with Crippen molar-refractivity contribution in [1.82, 2.24) is 20.1 Å². The van der Waals surface area contributed by atoms with Crippen molar-refractivity contribution in [3.63, 3.8) is 0 Å². The molecule has 1 N–H and O–H groups in total. The molecule has 1 unspecified atom stereocenters. The van der Waals surface area contributed by atoms with Crippen LogP contribution in [0.2, 0.25) is 0 Å². The van der Waals surface area contributed by atoms with Crippen LogP contribution in [0.5, 0.6) is 5.75 Å². The van der Waals surface area contributed by atoms with E-state index in [0.717, 1.165) is 37.5 Å². The number of amides is 2. The van der Waals surface area contributed by atoms with E-state index in [9.17, 15) is 9.59 Å². The summed E-state index contributed by atoms with van der Waals surface area (Å²) >= 11 is 0. The summed E-state index contributed by atoms with van der Waals surface area (Å²) in [5, 5.41) is 11.3. The third-order valence-electron chi connectivity index (χ3n) is 5.23. The van der Waals surface area contributed by atoms with Gasteiger partial charge in [-0.3, -0.25) is 9.59 Å². The Labute approximate surface area is 157 Å². The Bertz CT molecular complexity index is 863. The van der Waals surface area contributed by atoms with Gasteiger partial charge in [0, 0.05) is 25.9 Å². The molecule has 1 fully saturated rings. The molecule has 2 amide bonds. The molecule has 1 aromatic carbocycles. The monoisotopic (exact) mass is 369 g/mol. The summed E-state index contributed by atoms with van der Waals surface area (Å²) in [6.07, 6.45) is 3.37. The number of carbonyl (C=O) groups is 2. The normalized spacial score (nSPS) is 19.1. The molecule has 0 saturated carbocycles. The summed E-state index contributed by atoms with van der Waals surface area (Å²) in [7, 11) is 1.57. The van der Waals surface area contributed by atoms with Crippen molar-refractivity contribution < 1.29 is 14.3 Å². The number of rotatable bonds is 5. The van der Waals surface area contributed by atoms with Gasteiger partial charge < -0.3 is 19.5 Å². The molecule has 0 bridgehead atoms. The molecule has 2 aliphatic rings. The predicted octanol–water partition coefficient (Wildman–Crippen LogP) is 1.29. The second-order valence-corrected chi connectivity index (χ2v) is 6.94. The maximum absolute atomic E-state index is 12.6. The highest BCUT2D eigenvalue weighted by Gasteiger charge is 2.36. The van der Waals surface area contributed by atoms with Gasteiger partial charge in [-0.2, -0.15) is 0 Å². The van der Waals surface area contributed by atoms with Gasteiger partial charge in [0.1, 0.15) is 11.6 Å². The molecule has 0 radical (unpaired) electrons. The third kappa shape index (κ3) is 3.39. The average Bonchev–Trinajstić information content (AvgIpc) is 3.29. The summed E-state index contributed by atoms with van der Waals surface area (Å²) in [6, 6.07) is 7.35. The van der Waals surface area contributed by atoms with E-state index in [1.807, 2.05) is 24.3 Å². The van der Waals surface area contributed by atoms with Crippen molar-refractivity contribution in [2.75, 3.05) is 18.6 Å². The lowest BCUT2D eigenvalue weighted by molar-refractivity contribution is -0.126. The van der Waals surface area contributed by atoms with Crippen LogP contribution < -0.4 is 15.0 Å². The number of carbonyl (C=O) groups excluding carboxylic acids is 2. The van der Waals surface area contributed by atoms with Crippen molar-refractivity contribution in [1.29, 1.82) is 0 Å². The van der Waals surface area contributed by atoms with Gasteiger partial charge in [0.05, 0.1) is 25.3 Å². The highest BCUT2D eigenvalue weighted by atomic mass is 16.5. The number of hydrogen-bond acceptors (Lipinski definition) is 5. The summed E-state index contributed by atoms with van der Waals surface area (Å²) in [6.45, 7) is 1.59. The molecule has 2 aromatic rings. The number of anilines is 1. The molecule has 0 spiro atoms. The SMILES string of the molecule is COc1ccccc1N1CC(C(=O)NCc2nnc3n2CCCC3)CC1=O. The summed E-state index contributed by atoms with van der Waals surface area (Å²) in [4.78, 5) is 26.7. The smallest absolute Gasteiger partial charge is 0.227 e. The van der Waals surface area contributed by atoms with Crippen LogP contribution >= 0.6 is 0 Å². The first-order valence-electron chi connectivity index (χ1n) is 9.29. The molecule has 2 aliphatic heterocycles. The Morgan fingerprint density at radius 1 is 1.30 bits per heavy atom. The first-order valence-corrected chi connectivity index (χ1v) is 9.29. The fourth-order valence-corrected chi connectivity index (χ4v) is 3.78. The van der Waals surface area contributed by atoms with Gasteiger partial charge in [-0.1, -0.05) is 12.1 Å². The highest BCUT2D eigenvalue weighted by Crippen LogP contribution is 2.32. The Kier molecular flexibility index (Phi) is 4.79. The molecule has 4 rings (SSSR count). The largest absolute Gasteiger partial charge is 0.495 e. The molecule has 1 atom stereocenters. The van der Waals surface area contributed by atoms with Crippen LogP contribution in [-0.2, 0) is 29.1 Å². The van der Waals surface area contributed by atoms with E-state index in [-0.39, 0.29) is 24.2 Å². The second kappa shape index (κ2) is 7.38. The van der Waals surface area contributed by atoms with E-state index < -0.39 is 0 Å². The average molecular weight is 369 g/mol. The Morgan fingerprint density at radius 3 is 3.00 bits per heavy atom. The van der Waals surface area contributed by atoms with Crippen molar-refractivity contribution in [3.05, 3.63) is 35.9 Å². The molecule has 142 valence electrons. The quantitative estimate of drug-likeness (QED) is 0.858. The first kappa shape index (κ1) is 17.5. The van der Waals surface area contributed by atoms with Crippen LogP contribution in [0, 0.1) is 5.92 Å².